The molecule has 196 valence electrons. The molecule has 1 aliphatic heterocycles. The van der Waals surface area contributed by atoms with E-state index in [1.54, 1.807) is 22.3 Å². The molecule has 2 aromatic heterocycles. The number of aromatic nitrogens is 2. The fourth-order valence-corrected chi connectivity index (χ4v) is 6.54. The Morgan fingerprint density at radius 2 is 2.00 bits per heavy atom. The van der Waals surface area contributed by atoms with Crippen molar-refractivity contribution in [3.63, 3.8) is 0 Å². The fraction of sp³-hybridized carbons (Fsp3) is 0.500. The predicted octanol–water partition coefficient (Wildman–Crippen LogP) is 4.58. The SMILES string of the molecule is CCc1cc(NC(=O)C(=O)N2C[C@H](C)CC[C@@H]2c2ccc3sc(C4CC(N(C)C)C4)nc3c2)cnc1N. The highest BCUT2D eigenvalue weighted by Gasteiger charge is 2.36. The summed E-state index contributed by atoms with van der Waals surface area (Å²) in [7, 11) is 4.28. The standard InChI is InChI=1S/C28H36N6O2S/c1-5-17-10-20(14-30-25(17)29)31-26(35)28(36)34-15-16(2)6-8-23(34)18-7-9-24-22(13-18)32-27(37-24)19-11-21(12-19)33(3)4/h7,9-10,13-14,16,19,21,23H,5-6,8,11-12,15H2,1-4H3,(H2,29,30)(H,31,35)/t16-,19?,21?,23-/m1/s1. The van der Waals surface area contributed by atoms with Gasteiger partial charge in [0.2, 0.25) is 0 Å². The van der Waals surface area contributed by atoms with Gasteiger partial charge < -0.3 is 20.9 Å². The number of thiazole rings is 1. The molecule has 3 N–H and O–H groups in total. The lowest BCUT2D eigenvalue weighted by Crippen LogP contribution is -2.46. The molecular formula is C28H36N6O2S. The maximum atomic E-state index is 13.4. The Morgan fingerprint density at radius 1 is 1.22 bits per heavy atom. The number of piperidine rings is 1. The third kappa shape index (κ3) is 5.20. The van der Waals surface area contributed by atoms with E-state index in [4.69, 9.17) is 10.7 Å². The summed E-state index contributed by atoms with van der Waals surface area (Å²) in [4.78, 5) is 39.6. The molecule has 1 aromatic carbocycles. The number of pyridine rings is 1. The first kappa shape index (κ1) is 25.6. The Bertz CT molecular complexity index is 1320. The van der Waals surface area contributed by atoms with Crippen molar-refractivity contribution in [3.05, 3.63) is 46.6 Å². The lowest BCUT2D eigenvalue weighted by atomic mass is 9.80. The van der Waals surface area contributed by atoms with Crippen molar-refractivity contribution in [3.8, 4) is 0 Å². The number of nitrogen functional groups attached to an aromatic ring is 1. The van der Waals surface area contributed by atoms with Gasteiger partial charge in [0.1, 0.15) is 5.82 Å². The molecule has 0 radical (unpaired) electrons. The number of nitrogens with two attached hydrogens (primary N) is 1. The van der Waals surface area contributed by atoms with Gasteiger partial charge >= 0.3 is 11.8 Å². The third-order valence-corrected chi connectivity index (χ3v) is 9.12. The lowest BCUT2D eigenvalue weighted by molar-refractivity contribution is -0.146. The summed E-state index contributed by atoms with van der Waals surface area (Å²) in [5.41, 5.74) is 9.23. The van der Waals surface area contributed by atoms with Gasteiger partial charge in [0.25, 0.3) is 0 Å². The van der Waals surface area contributed by atoms with E-state index in [9.17, 15) is 9.59 Å². The zero-order valence-corrected chi connectivity index (χ0v) is 22.8. The number of nitrogens with one attached hydrogen (secondary N) is 1. The molecule has 9 heteroatoms. The van der Waals surface area contributed by atoms with Gasteiger partial charge in [-0.2, -0.15) is 0 Å². The van der Waals surface area contributed by atoms with Gasteiger partial charge in [-0.1, -0.05) is 19.9 Å². The molecule has 3 aromatic rings. The minimum absolute atomic E-state index is 0.151. The largest absolute Gasteiger partial charge is 0.383 e. The number of hydrogen-bond acceptors (Lipinski definition) is 7. The van der Waals surface area contributed by atoms with Crippen LogP contribution in [-0.2, 0) is 16.0 Å². The van der Waals surface area contributed by atoms with E-state index >= 15 is 0 Å². The second-order valence-corrected chi connectivity index (χ2v) is 11.9. The summed E-state index contributed by atoms with van der Waals surface area (Å²) in [6.07, 6.45) is 6.32. The molecule has 5 rings (SSSR count). The molecule has 2 aliphatic rings. The molecule has 0 unspecified atom stereocenters. The number of amides is 2. The van der Waals surface area contributed by atoms with Crippen LogP contribution in [0.5, 0.6) is 0 Å². The molecule has 8 nitrogen and oxygen atoms in total. The second-order valence-electron chi connectivity index (χ2n) is 10.8. The van der Waals surface area contributed by atoms with Crippen molar-refractivity contribution in [2.45, 2.75) is 64.0 Å². The van der Waals surface area contributed by atoms with Gasteiger partial charge in [0.15, 0.2) is 0 Å². The quantitative estimate of drug-likeness (QED) is 0.477. The van der Waals surface area contributed by atoms with Crippen molar-refractivity contribution in [1.29, 1.82) is 0 Å². The summed E-state index contributed by atoms with van der Waals surface area (Å²) >= 11 is 1.78. The van der Waals surface area contributed by atoms with Crippen molar-refractivity contribution >= 4 is 44.9 Å². The van der Waals surface area contributed by atoms with Crippen LogP contribution in [0.15, 0.2) is 30.5 Å². The van der Waals surface area contributed by atoms with E-state index in [-0.39, 0.29) is 6.04 Å². The molecule has 3 heterocycles. The summed E-state index contributed by atoms with van der Waals surface area (Å²) in [5.74, 6) is 0.129. The molecule has 0 bridgehead atoms. The molecule has 2 atom stereocenters. The molecule has 1 saturated carbocycles. The normalized spacial score (nSPS) is 23.8. The number of benzene rings is 1. The van der Waals surface area contributed by atoms with Crippen LogP contribution in [-0.4, -0.2) is 58.3 Å². The highest BCUT2D eigenvalue weighted by atomic mass is 32.1. The zero-order valence-electron chi connectivity index (χ0n) is 22.0. The highest BCUT2D eigenvalue weighted by molar-refractivity contribution is 7.18. The minimum atomic E-state index is -0.648. The number of rotatable bonds is 5. The first-order chi connectivity index (χ1) is 17.7. The number of carbonyl (C=O) groups excluding carboxylic acids is 2. The van der Waals surface area contributed by atoms with Crippen LogP contribution >= 0.6 is 11.3 Å². The van der Waals surface area contributed by atoms with Gasteiger partial charge in [0.05, 0.1) is 33.2 Å². The number of nitrogens with zero attached hydrogens (tertiary/aromatic N) is 4. The fourth-order valence-electron chi connectivity index (χ4n) is 5.47. The Balaban J connectivity index is 1.34. The third-order valence-electron chi connectivity index (χ3n) is 7.92. The van der Waals surface area contributed by atoms with E-state index in [2.05, 4.69) is 54.4 Å². The predicted molar refractivity (Wildman–Crippen MR) is 149 cm³/mol. The summed E-state index contributed by atoms with van der Waals surface area (Å²) in [5, 5.41) is 3.94. The lowest BCUT2D eigenvalue weighted by Gasteiger charge is -2.38. The summed E-state index contributed by atoms with van der Waals surface area (Å²) in [6, 6.07) is 8.61. The molecule has 2 fully saturated rings. The van der Waals surface area contributed by atoms with Crippen LogP contribution in [0.3, 0.4) is 0 Å². The topological polar surface area (TPSA) is 104 Å². The van der Waals surface area contributed by atoms with E-state index in [0.29, 0.717) is 42.3 Å². The Morgan fingerprint density at radius 3 is 2.73 bits per heavy atom. The van der Waals surface area contributed by atoms with Gasteiger partial charge in [-0.3, -0.25) is 9.59 Å². The number of likely N-dealkylation sites (tertiary alicyclic amines) is 1. The van der Waals surface area contributed by atoms with E-state index in [1.807, 2.05) is 6.92 Å². The number of carbonyl (C=O) groups is 2. The van der Waals surface area contributed by atoms with Crippen molar-refractivity contribution in [1.82, 2.24) is 19.8 Å². The maximum Gasteiger partial charge on any atom is 0.313 e. The average Bonchev–Trinajstić information content (AvgIpc) is 3.26. The Kier molecular flexibility index (Phi) is 7.18. The van der Waals surface area contributed by atoms with Gasteiger partial charge in [-0.05, 0) is 81.4 Å². The molecule has 37 heavy (non-hydrogen) atoms. The molecule has 1 aliphatic carbocycles. The van der Waals surface area contributed by atoms with Crippen molar-refractivity contribution < 1.29 is 9.59 Å². The molecule has 1 saturated heterocycles. The van der Waals surface area contributed by atoms with Crippen LogP contribution in [0.2, 0.25) is 0 Å². The first-order valence-electron chi connectivity index (χ1n) is 13.2. The zero-order chi connectivity index (χ0) is 26.3. The highest BCUT2D eigenvalue weighted by Crippen LogP contribution is 2.43. The second kappa shape index (κ2) is 10.4. The summed E-state index contributed by atoms with van der Waals surface area (Å²) in [6.45, 7) is 4.64. The van der Waals surface area contributed by atoms with E-state index < -0.39 is 11.8 Å². The van der Waals surface area contributed by atoms with Crippen molar-refractivity contribution in [2.24, 2.45) is 5.92 Å². The van der Waals surface area contributed by atoms with Crippen LogP contribution < -0.4 is 11.1 Å². The van der Waals surface area contributed by atoms with Gasteiger partial charge in [-0.25, -0.2) is 9.97 Å². The molecule has 0 spiro atoms. The number of aryl methyl sites for hydroxylation is 1. The van der Waals surface area contributed by atoms with Gasteiger partial charge in [-0.15, -0.1) is 11.3 Å². The van der Waals surface area contributed by atoms with Crippen molar-refractivity contribution in [2.75, 3.05) is 31.7 Å². The maximum absolute atomic E-state index is 13.4. The minimum Gasteiger partial charge on any atom is -0.383 e. The Labute approximate surface area is 222 Å². The number of fused-ring (bicyclic) bond motifs is 1. The van der Waals surface area contributed by atoms with E-state index in [1.165, 1.54) is 15.9 Å². The molecule has 2 amide bonds. The van der Waals surface area contributed by atoms with Crippen LogP contribution in [0.1, 0.15) is 67.6 Å². The van der Waals surface area contributed by atoms with Gasteiger partial charge in [0, 0.05) is 18.5 Å². The first-order valence-corrected chi connectivity index (χ1v) is 14.0. The summed E-state index contributed by atoms with van der Waals surface area (Å²) < 4.78 is 1.18. The number of anilines is 2. The van der Waals surface area contributed by atoms with Crippen LogP contribution in [0.4, 0.5) is 11.5 Å². The van der Waals surface area contributed by atoms with Crippen LogP contribution in [0, 0.1) is 5.92 Å². The van der Waals surface area contributed by atoms with Crippen LogP contribution in [0.25, 0.3) is 10.2 Å². The molecular weight excluding hydrogens is 484 g/mol. The average molecular weight is 521 g/mol. The van der Waals surface area contributed by atoms with E-state index in [0.717, 1.165) is 42.3 Å². The Hall–Kier alpha value is -3.04. The number of hydrogen-bond donors (Lipinski definition) is 2. The monoisotopic (exact) mass is 520 g/mol. The smallest absolute Gasteiger partial charge is 0.313 e.